The maximum atomic E-state index is 11.1. The second-order valence-corrected chi connectivity index (χ2v) is 5.79. The summed E-state index contributed by atoms with van der Waals surface area (Å²) in [6, 6.07) is 13.4. The summed E-state index contributed by atoms with van der Waals surface area (Å²) in [5.74, 6) is 2.16. The highest BCUT2D eigenvalue weighted by Gasteiger charge is 2.12. The first-order valence-electron chi connectivity index (χ1n) is 8.21. The summed E-state index contributed by atoms with van der Waals surface area (Å²) in [4.78, 5) is 15.6. The van der Waals surface area contributed by atoms with Gasteiger partial charge >= 0.3 is 0 Å². The number of rotatable bonds is 6. The fourth-order valence-electron chi connectivity index (χ4n) is 2.86. The number of nitrogens with zero attached hydrogens (tertiary/aromatic N) is 2. The zero-order valence-electron chi connectivity index (χ0n) is 15.0. The Kier molecular flexibility index (Phi) is 5.22. The number of ether oxygens (including phenoxy) is 2. The molecule has 0 saturated carbocycles. The number of methoxy groups -OCH3 is 2. The Morgan fingerprint density at radius 2 is 1.88 bits per heavy atom. The molecule has 0 aliphatic rings. The summed E-state index contributed by atoms with van der Waals surface area (Å²) >= 11 is 0. The van der Waals surface area contributed by atoms with Crippen LogP contribution in [-0.4, -0.2) is 29.7 Å². The highest BCUT2D eigenvalue weighted by molar-refractivity contribution is 5.88. The van der Waals surface area contributed by atoms with Gasteiger partial charge in [0.05, 0.1) is 20.8 Å². The molecular weight excluding hydrogens is 330 g/mol. The standard InChI is InChI=1S/C20H21N3O3/c1-14(24)22-17-9-7-15(8-10-17)20-21-11-12-23(20)13-16-5-4-6-18(25-2)19(16)26-3/h4-12H,13H2,1-3H3,(H,22,24). The predicted molar refractivity (Wildman–Crippen MR) is 101 cm³/mol. The van der Waals surface area contributed by atoms with Crippen molar-refractivity contribution in [2.24, 2.45) is 0 Å². The summed E-state index contributed by atoms with van der Waals surface area (Å²) in [7, 11) is 3.26. The van der Waals surface area contributed by atoms with Gasteiger partial charge in [-0.05, 0) is 30.3 Å². The quantitative estimate of drug-likeness (QED) is 0.737. The molecule has 1 heterocycles. The molecule has 1 N–H and O–H groups in total. The number of para-hydroxylation sites is 1. The lowest BCUT2D eigenvalue weighted by Gasteiger charge is -2.14. The zero-order valence-corrected chi connectivity index (χ0v) is 15.0. The Hall–Kier alpha value is -3.28. The Morgan fingerprint density at radius 3 is 2.54 bits per heavy atom. The summed E-state index contributed by atoms with van der Waals surface area (Å²) in [5, 5.41) is 2.76. The van der Waals surface area contributed by atoms with E-state index in [-0.39, 0.29) is 5.91 Å². The molecule has 2 aromatic carbocycles. The summed E-state index contributed by atoms with van der Waals surface area (Å²) in [6.45, 7) is 2.09. The van der Waals surface area contributed by atoms with E-state index in [2.05, 4.69) is 10.3 Å². The van der Waals surface area contributed by atoms with E-state index in [0.717, 1.165) is 28.4 Å². The van der Waals surface area contributed by atoms with Gasteiger partial charge in [0.15, 0.2) is 11.5 Å². The van der Waals surface area contributed by atoms with Gasteiger partial charge in [-0.15, -0.1) is 0 Å². The number of imidazole rings is 1. The molecule has 0 bridgehead atoms. The average Bonchev–Trinajstić information content (AvgIpc) is 3.09. The largest absolute Gasteiger partial charge is 0.493 e. The topological polar surface area (TPSA) is 65.4 Å². The molecule has 3 aromatic rings. The van der Waals surface area contributed by atoms with Crippen LogP contribution in [0.1, 0.15) is 12.5 Å². The third-order valence-corrected chi connectivity index (χ3v) is 4.00. The molecule has 0 aliphatic carbocycles. The van der Waals surface area contributed by atoms with Crippen LogP contribution in [0.4, 0.5) is 5.69 Å². The lowest BCUT2D eigenvalue weighted by Crippen LogP contribution is -2.06. The van der Waals surface area contributed by atoms with Crippen molar-refractivity contribution in [1.82, 2.24) is 9.55 Å². The second kappa shape index (κ2) is 7.74. The minimum absolute atomic E-state index is 0.0932. The van der Waals surface area contributed by atoms with Crippen LogP contribution in [0, 0.1) is 0 Å². The number of carbonyl (C=O) groups excluding carboxylic acids is 1. The number of hydrogen-bond donors (Lipinski definition) is 1. The van der Waals surface area contributed by atoms with Gasteiger partial charge in [0.2, 0.25) is 5.91 Å². The molecule has 0 atom stereocenters. The van der Waals surface area contributed by atoms with Gasteiger partial charge in [0.25, 0.3) is 0 Å². The van der Waals surface area contributed by atoms with Gasteiger partial charge in [0.1, 0.15) is 5.82 Å². The number of anilines is 1. The van der Waals surface area contributed by atoms with Crippen LogP contribution in [0.3, 0.4) is 0 Å². The lowest BCUT2D eigenvalue weighted by atomic mass is 10.1. The van der Waals surface area contributed by atoms with E-state index in [0.29, 0.717) is 12.3 Å². The molecule has 134 valence electrons. The molecule has 0 spiro atoms. The maximum absolute atomic E-state index is 11.1. The van der Waals surface area contributed by atoms with Crippen LogP contribution in [0.15, 0.2) is 54.9 Å². The molecule has 1 aromatic heterocycles. The smallest absolute Gasteiger partial charge is 0.221 e. The van der Waals surface area contributed by atoms with Crippen LogP contribution in [0.2, 0.25) is 0 Å². The molecule has 6 heteroatoms. The SMILES string of the molecule is COc1cccc(Cn2ccnc2-c2ccc(NC(C)=O)cc2)c1OC. The van der Waals surface area contributed by atoms with Gasteiger partial charge in [-0.3, -0.25) is 4.79 Å². The van der Waals surface area contributed by atoms with E-state index < -0.39 is 0 Å². The first kappa shape index (κ1) is 17.5. The van der Waals surface area contributed by atoms with Crippen molar-refractivity contribution >= 4 is 11.6 Å². The van der Waals surface area contributed by atoms with Gasteiger partial charge < -0.3 is 19.4 Å². The van der Waals surface area contributed by atoms with Crippen molar-refractivity contribution < 1.29 is 14.3 Å². The van der Waals surface area contributed by atoms with Crippen molar-refractivity contribution in [3.63, 3.8) is 0 Å². The summed E-state index contributed by atoms with van der Waals surface area (Å²) < 4.78 is 12.9. The van der Waals surface area contributed by atoms with E-state index in [9.17, 15) is 4.79 Å². The summed E-state index contributed by atoms with van der Waals surface area (Å²) in [5.41, 5.74) is 2.72. The zero-order chi connectivity index (χ0) is 18.5. The van der Waals surface area contributed by atoms with Crippen LogP contribution in [-0.2, 0) is 11.3 Å². The number of nitrogens with one attached hydrogen (secondary N) is 1. The average molecular weight is 351 g/mol. The molecule has 6 nitrogen and oxygen atoms in total. The Balaban J connectivity index is 1.89. The maximum Gasteiger partial charge on any atom is 0.221 e. The van der Waals surface area contributed by atoms with Crippen LogP contribution in [0.25, 0.3) is 11.4 Å². The monoisotopic (exact) mass is 351 g/mol. The molecular formula is C20H21N3O3. The Labute approximate surface area is 152 Å². The molecule has 1 amide bonds. The third kappa shape index (κ3) is 3.69. The first-order chi connectivity index (χ1) is 12.6. The third-order valence-electron chi connectivity index (χ3n) is 4.00. The first-order valence-corrected chi connectivity index (χ1v) is 8.21. The van der Waals surface area contributed by atoms with Crippen molar-refractivity contribution in [2.75, 3.05) is 19.5 Å². The van der Waals surface area contributed by atoms with Crippen molar-refractivity contribution in [3.8, 4) is 22.9 Å². The van der Waals surface area contributed by atoms with E-state index in [1.807, 2.05) is 53.2 Å². The Bertz CT molecular complexity index is 901. The van der Waals surface area contributed by atoms with Crippen LogP contribution in [0.5, 0.6) is 11.5 Å². The molecule has 0 unspecified atom stereocenters. The van der Waals surface area contributed by atoms with Crippen molar-refractivity contribution in [2.45, 2.75) is 13.5 Å². The molecule has 0 aliphatic heterocycles. The number of benzene rings is 2. The molecule has 3 rings (SSSR count). The molecule has 0 fully saturated rings. The lowest BCUT2D eigenvalue weighted by molar-refractivity contribution is -0.114. The van der Waals surface area contributed by atoms with Crippen LogP contribution < -0.4 is 14.8 Å². The summed E-state index contributed by atoms with van der Waals surface area (Å²) in [6.07, 6.45) is 3.69. The van der Waals surface area contributed by atoms with E-state index in [1.54, 1.807) is 20.4 Å². The van der Waals surface area contributed by atoms with Gasteiger partial charge in [-0.25, -0.2) is 4.98 Å². The second-order valence-electron chi connectivity index (χ2n) is 5.79. The number of aromatic nitrogens is 2. The minimum atomic E-state index is -0.0932. The number of hydrogen-bond acceptors (Lipinski definition) is 4. The van der Waals surface area contributed by atoms with Gasteiger partial charge in [0, 0.05) is 36.1 Å². The van der Waals surface area contributed by atoms with Crippen molar-refractivity contribution in [3.05, 3.63) is 60.4 Å². The Morgan fingerprint density at radius 1 is 1.12 bits per heavy atom. The highest BCUT2D eigenvalue weighted by Crippen LogP contribution is 2.32. The highest BCUT2D eigenvalue weighted by atomic mass is 16.5. The van der Waals surface area contributed by atoms with E-state index >= 15 is 0 Å². The number of carbonyl (C=O) groups is 1. The fraction of sp³-hybridized carbons (Fsp3) is 0.200. The van der Waals surface area contributed by atoms with Crippen LogP contribution >= 0.6 is 0 Å². The van der Waals surface area contributed by atoms with Gasteiger partial charge in [-0.2, -0.15) is 0 Å². The predicted octanol–water partition coefficient (Wildman–Crippen LogP) is 3.57. The van der Waals surface area contributed by atoms with E-state index in [4.69, 9.17) is 9.47 Å². The molecule has 0 radical (unpaired) electrons. The normalized spacial score (nSPS) is 10.4. The van der Waals surface area contributed by atoms with E-state index in [1.165, 1.54) is 6.92 Å². The van der Waals surface area contributed by atoms with Gasteiger partial charge in [-0.1, -0.05) is 12.1 Å². The fourth-order valence-corrected chi connectivity index (χ4v) is 2.86. The molecule has 26 heavy (non-hydrogen) atoms. The van der Waals surface area contributed by atoms with Crippen molar-refractivity contribution in [1.29, 1.82) is 0 Å². The molecule has 0 saturated heterocycles. The number of amides is 1. The minimum Gasteiger partial charge on any atom is -0.493 e.